The first-order valence-electron chi connectivity index (χ1n) is 4.00. The predicted molar refractivity (Wildman–Crippen MR) is 48.6 cm³/mol. The van der Waals surface area contributed by atoms with Crippen molar-refractivity contribution in [2.24, 2.45) is 0 Å². The molecule has 1 heterocycles. The molecule has 0 aromatic rings. The summed E-state index contributed by atoms with van der Waals surface area (Å²) in [5.74, 6) is 1.66. The van der Waals surface area contributed by atoms with Crippen LogP contribution in [-0.4, -0.2) is 13.2 Å². The summed E-state index contributed by atoms with van der Waals surface area (Å²) in [6, 6.07) is 0. The van der Waals surface area contributed by atoms with Gasteiger partial charge in [0.25, 0.3) is 0 Å². The van der Waals surface area contributed by atoms with Crippen LogP contribution in [0.4, 0.5) is 0 Å². The lowest BCUT2D eigenvalue weighted by Crippen LogP contribution is -2.10. The molecule has 2 nitrogen and oxygen atoms in total. The zero-order valence-electron chi connectivity index (χ0n) is 7.59. The molecule has 0 amide bonds. The van der Waals surface area contributed by atoms with Crippen LogP contribution in [0.5, 0.6) is 0 Å². The van der Waals surface area contributed by atoms with Crippen molar-refractivity contribution in [3.05, 3.63) is 35.8 Å². The first kappa shape index (κ1) is 8.91. The Labute approximate surface area is 73.2 Å². The van der Waals surface area contributed by atoms with E-state index in [2.05, 4.69) is 6.58 Å². The zero-order valence-corrected chi connectivity index (χ0v) is 7.59. The number of rotatable bonds is 2. The van der Waals surface area contributed by atoms with Crippen molar-refractivity contribution < 1.29 is 9.47 Å². The summed E-state index contributed by atoms with van der Waals surface area (Å²) < 4.78 is 10.7. The number of ether oxygens (including phenoxy) is 2. The van der Waals surface area contributed by atoms with Crippen LogP contribution in [0.15, 0.2) is 35.8 Å². The zero-order chi connectivity index (χ0) is 8.97. The highest BCUT2D eigenvalue weighted by atomic mass is 16.6. The van der Waals surface area contributed by atoms with Crippen LogP contribution in [-0.2, 0) is 9.47 Å². The van der Waals surface area contributed by atoms with E-state index in [-0.39, 0.29) is 0 Å². The van der Waals surface area contributed by atoms with Crippen LogP contribution in [0.25, 0.3) is 0 Å². The third-order valence-corrected chi connectivity index (χ3v) is 1.53. The molecule has 0 unspecified atom stereocenters. The van der Waals surface area contributed by atoms with Gasteiger partial charge in [0, 0.05) is 0 Å². The van der Waals surface area contributed by atoms with Gasteiger partial charge in [0.05, 0.1) is 0 Å². The topological polar surface area (TPSA) is 18.5 Å². The lowest BCUT2D eigenvalue weighted by molar-refractivity contribution is 0.0708. The van der Waals surface area contributed by atoms with Gasteiger partial charge in [0.2, 0.25) is 0 Å². The predicted octanol–water partition coefficient (Wildman–Crippen LogP) is 2.40. The lowest BCUT2D eigenvalue weighted by Gasteiger charge is -2.17. The summed E-state index contributed by atoms with van der Waals surface area (Å²) in [4.78, 5) is 0. The standard InChI is InChI=1S/C10H14O2/c1-8(2)4-5-10-9(3)11-6-7-12-10/h4-5H,1,6-7H2,2-3H3/b5-4-. The summed E-state index contributed by atoms with van der Waals surface area (Å²) in [7, 11) is 0. The van der Waals surface area contributed by atoms with Gasteiger partial charge in [-0.2, -0.15) is 0 Å². The minimum absolute atomic E-state index is 0.632. The summed E-state index contributed by atoms with van der Waals surface area (Å²) in [5.41, 5.74) is 1.00. The Morgan fingerprint density at radius 2 is 2.08 bits per heavy atom. The fraction of sp³-hybridized carbons (Fsp3) is 0.400. The molecule has 2 heteroatoms. The van der Waals surface area contributed by atoms with Crippen molar-refractivity contribution in [3.8, 4) is 0 Å². The van der Waals surface area contributed by atoms with Gasteiger partial charge < -0.3 is 9.47 Å². The molecular formula is C10H14O2. The Hall–Kier alpha value is -1.18. The average Bonchev–Trinajstić information content (AvgIpc) is 2.03. The van der Waals surface area contributed by atoms with E-state index in [1.807, 2.05) is 26.0 Å². The minimum atomic E-state index is 0.632. The van der Waals surface area contributed by atoms with Crippen molar-refractivity contribution in [1.29, 1.82) is 0 Å². The molecule has 0 aliphatic carbocycles. The largest absolute Gasteiger partial charge is 0.491 e. The molecule has 0 radical (unpaired) electrons. The van der Waals surface area contributed by atoms with E-state index in [0.29, 0.717) is 13.2 Å². The van der Waals surface area contributed by atoms with Gasteiger partial charge in [-0.05, 0) is 19.9 Å². The van der Waals surface area contributed by atoms with Crippen LogP contribution in [0.3, 0.4) is 0 Å². The quantitative estimate of drug-likeness (QED) is 0.586. The monoisotopic (exact) mass is 166 g/mol. The second kappa shape index (κ2) is 4.00. The Morgan fingerprint density at radius 3 is 2.67 bits per heavy atom. The Kier molecular flexibility index (Phi) is 2.97. The highest BCUT2D eigenvalue weighted by Crippen LogP contribution is 2.14. The van der Waals surface area contributed by atoms with Gasteiger partial charge in [0.15, 0.2) is 5.76 Å². The number of hydrogen-bond donors (Lipinski definition) is 0. The van der Waals surface area contributed by atoms with Gasteiger partial charge >= 0.3 is 0 Å². The van der Waals surface area contributed by atoms with E-state index in [4.69, 9.17) is 9.47 Å². The Morgan fingerprint density at radius 1 is 1.42 bits per heavy atom. The van der Waals surface area contributed by atoms with Crippen molar-refractivity contribution in [2.45, 2.75) is 13.8 Å². The van der Waals surface area contributed by atoms with Gasteiger partial charge in [-0.15, -0.1) is 0 Å². The smallest absolute Gasteiger partial charge is 0.156 e. The molecule has 0 aromatic heterocycles. The molecular weight excluding hydrogens is 152 g/mol. The van der Waals surface area contributed by atoms with E-state index >= 15 is 0 Å². The number of allylic oxidation sites excluding steroid dienone is 4. The Bertz CT molecular complexity index is 236. The van der Waals surface area contributed by atoms with Gasteiger partial charge in [-0.1, -0.05) is 18.2 Å². The van der Waals surface area contributed by atoms with Gasteiger partial charge in [-0.3, -0.25) is 0 Å². The van der Waals surface area contributed by atoms with Crippen LogP contribution < -0.4 is 0 Å². The molecule has 0 bridgehead atoms. The highest BCUT2D eigenvalue weighted by molar-refractivity contribution is 5.23. The maximum atomic E-state index is 5.37. The summed E-state index contributed by atoms with van der Waals surface area (Å²) >= 11 is 0. The van der Waals surface area contributed by atoms with Crippen LogP contribution in [0, 0.1) is 0 Å². The maximum Gasteiger partial charge on any atom is 0.156 e. The van der Waals surface area contributed by atoms with Gasteiger partial charge in [-0.25, -0.2) is 0 Å². The summed E-state index contributed by atoms with van der Waals surface area (Å²) in [6.07, 6.45) is 3.80. The molecule has 0 saturated heterocycles. The molecule has 0 atom stereocenters. The van der Waals surface area contributed by atoms with E-state index in [9.17, 15) is 0 Å². The average molecular weight is 166 g/mol. The minimum Gasteiger partial charge on any atom is -0.491 e. The van der Waals surface area contributed by atoms with E-state index in [1.54, 1.807) is 0 Å². The van der Waals surface area contributed by atoms with Crippen molar-refractivity contribution in [2.75, 3.05) is 13.2 Å². The summed E-state index contributed by atoms with van der Waals surface area (Å²) in [5, 5.41) is 0. The normalized spacial score (nSPS) is 17.5. The van der Waals surface area contributed by atoms with E-state index in [1.165, 1.54) is 0 Å². The second-order valence-corrected chi connectivity index (χ2v) is 2.80. The molecule has 0 N–H and O–H groups in total. The van der Waals surface area contributed by atoms with Crippen molar-refractivity contribution in [3.63, 3.8) is 0 Å². The fourth-order valence-electron chi connectivity index (χ4n) is 0.903. The molecule has 0 aromatic carbocycles. The van der Waals surface area contributed by atoms with Gasteiger partial charge in [0.1, 0.15) is 19.0 Å². The van der Waals surface area contributed by atoms with Crippen LogP contribution in [0.1, 0.15) is 13.8 Å². The van der Waals surface area contributed by atoms with Crippen molar-refractivity contribution >= 4 is 0 Å². The lowest BCUT2D eigenvalue weighted by atomic mass is 10.3. The Balaban J connectivity index is 2.66. The second-order valence-electron chi connectivity index (χ2n) is 2.80. The SMILES string of the molecule is C=C(C)/C=C\C1=C(C)OCCO1. The molecule has 12 heavy (non-hydrogen) atoms. The highest BCUT2D eigenvalue weighted by Gasteiger charge is 2.07. The van der Waals surface area contributed by atoms with Crippen LogP contribution in [0.2, 0.25) is 0 Å². The summed E-state index contributed by atoms with van der Waals surface area (Å²) in [6.45, 7) is 8.88. The molecule has 1 aliphatic rings. The first-order chi connectivity index (χ1) is 5.70. The van der Waals surface area contributed by atoms with E-state index < -0.39 is 0 Å². The fourth-order valence-corrected chi connectivity index (χ4v) is 0.903. The maximum absolute atomic E-state index is 5.37. The van der Waals surface area contributed by atoms with Crippen molar-refractivity contribution in [1.82, 2.24) is 0 Å². The molecule has 66 valence electrons. The molecule has 1 aliphatic heterocycles. The van der Waals surface area contributed by atoms with Crippen LogP contribution >= 0.6 is 0 Å². The molecule has 0 saturated carbocycles. The number of hydrogen-bond acceptors (Lipinski definition) is 2. The third-order valence-electron chi connectivity index (χ3n) is 1.53. The molecule has 0 fully saturated rings. The third kappa shape index (κ3) is 2.46. The molecule has 0 spiro atoms. The molecule has 1 rings (SSSR count). The first-order valence-corrected chi connectivity index (χ1v) is 4.00. The van der Waals surface area contributed by atoms with E-state index in [0.717, 1.165) is 17.1 Å².